The van der Waals surface area contributed by atoms with Gasteiger partial charge in [0.15, 0.2) is 0 Å². The summed E-state index contributed by atoms with van der Waals surface area (Å²) in [5.41, 5.74) is 0. The first-order valence-electron chi connectivity index (χ1n) is 5.79. The minimum absolute atomic E-state index is 0.0145. The molecule has 0 saturated heterocycles. The van der Waals surface area contributed by atoms with Crippen LogP contribution in [0.3, 0.4) is 0 Å². The van der Waals surface area contributed by atoms with Crippen LogP contribution >= 0.6 is 0 Å². The first-order valence-corrected chi connectivity index (χ1v) is 5.79. The third kappa shape index (κ3) is 2.18. The Hall–Kier alpha value is -1.39. The number of carbonyl (C=O) groups excluding carboxylic acids is 3. The van der Waals surface area contributed by atoms with Gasteiger partial charge in [0, 0.05) is 19.8 Å². The standard InChI is InChI=1S/C12H16O5/c1-6(13)17-10-4-7-3-8(14)5-9(7)11(10)12(15)16-2/h7,9-11H,3-5H2,1-2H3/t7-,9-,10-,11+/m0/s1. The van der Waals surface area contributed by atoms with Gasteiger partial charge in [-0.2, -0.15) is 0 Å². The van der Waals surface area contributed by atoms with Gasteiger partial charge >= 0.3 is 11.9 Å². The van der Waals surface area contributed by atoms with Crippen LogP contribution in [-0.4, -0.2) is 30.9 Å². The van der Waals surface area contributed by atoms with Crippen LogP contribution in [0.2, 0.25) is 0 Å². The van der Waals surface area contributed by atoms with Gasteiger partial charge in [-0.3, -0.25) is 14.4 Å². The molecule has 2 fully saturated rings. The third-order valence-corrected chi connectivity index (χ3v) is 3.75. The normalized spacial score (nSPS) is 35.5. The fourth-order valence-corrected chi connectivity index (χ4v) is 3.15. The number of carbonyl (C=O) groups is 3. The number of esters is 2. The van der Waals surface area contributed by atoms with E-state index in [9.17, 15) is 14.4 Å². The Kier molecular flexibility index (Phi) is 3.17. The molecule has 2 saturated carbocycles. The van der Waals surface area contributed by atoms with Gasteiger partial charge in [-0.1, -0.05) is 0 Å². The second kappa shape index (κ2) is 4.47. The van der Waals surface area contributed by atoms with Gasteiger partial charge in [-0.15, -0.1) is 0 Å². The molecule has 0 amide bonds. The van der Waals surface area contributed by atoms with Gasteiger partial charge in [0.05, 0.1) is 13.0 Å². The SMILES string of the molecule is COC(=O)[C@@H]1[C@H]2CC(=O)C[C@H]2C[C@@H]1OC(C)=O. The van der Waals surface area contributed by atoms with Crippen molar-refractivity contribution in [2.75, 3.05) is 7.11 Å². The maximum atomic E-state index is 11.7. The maximum absolute atomic E-state index is 11.7. The molecule has 0 radical (unpaired) electrons. The molecule has 2 rings (SSSR count). The third-order valence-electron chi connectivity index (χ3n) is 3.75. The smallest absolute Gasteiger partial charge is 0.312 e. The second-order valence-electron chi connectivity index (χ2n) is 4.80. The zero-order valence-corrected chi connectivity index (χ0v) is 9.97. The van der Waals surface area contributed by atoms with Crippen LogP contribution in [0.1, 0.15) is 26.2 Å². The van der Waals surface area contributed by atoms with Crippen molar-refractivity contribution >= 4 is 17.7 Å². The van der Waals surface area contributed by atoms with Crippen LogP contribution in [0.5, 0.6) is 0 Å². The lowest BCUT2D eigenvalue weighted by atomic mass is 9.91. The largest absolute Gasteiger partial charge is 0.469 e. The highest BCUT2D eigenvalue weighted by Crippen LogP contribution is 2.47. The summed E-state index contributed by atoms with van der Waals surface area (Å²) in [6, 6.07) is 0. The van der Waals surface area contributed by atoms with E-state index in [1.807, 2.05) is 0 Å². The highest BCUT2D eigenvalue weighted by Gasteiger charge is 2.53. The Labute approximate surface area is 99.5 Å². The van der Waals surface area contributed by atoms with Crippen molar-refractivity contribution in [2.45, 2.75) is 32.3 Å². The van der Waals surface area contributed by atoms with E-state index in [4.69, 9.17) is 9.47 Å². The molecule has 94 valence electrons. The number of hydrogen-bond acceptors (Lipinski definition) is 5. The van der Waals surface area contributed by atoms with Crippen LogP contribution in [0.4, 0.5) is 0 Å². The van der Waals surface area contributed by atoms with Gasteiger partial charge in [-0.05, 0) is 18.3 Å². The van der Waals surface area contributed by atoms with Gasteiger partial charge in [0.1, 0.15) is 11.9 Å². The molecule has 0 aromatic carbocycles. The predicted molar refractivity (Wildman–Crippen MR) is 56.9 cm³/mol. The Balaban J connectivity index is 2.16. The van der Waals surface area contributed by atoms with E-state index in [2.05, 4.69) is 0 Å². The zero-order valence-electron chi connectivity index (χ0n) is 9.97. The highest BCUT2D eigenvalue weighted by atomic mass is 16.6. The number of fused-ring (bicyclic) bond motifs is 1. The molecular weight excluding hydrogens is 224 g/mol. The Morgan fingerprint density at radius 2 is 2.00 bits per heavy atom. The summed E-state index contributed by atoms with van der Waals surface area (Å²) in [4.78, 5) is 34.1. The van der Waals surface area contributed by atoms with Crippen molar-refractivity contribution in [1.29, 1.82) is 0 Å². The zero-order chi connectivity index (χ0) is 12.6. The van der Waals surface area contributed by atoms with Crippen molar-refractivity contribution in [3.8, 4) is 0 Å². The van der Waals surface area contributed by atoms with E-state index >= 15 is 0 Å². The van der Waals surface area contributed by atoms with Crippen molar-refractivity contribution in [3.63, 3.8) is 0 Å². The molecular formula is C12H16O5. The Morgan fingerprint density at radius 1 is 1.29 bits per heavy atom. The molecule has 5 heteroatoms. The van der Waals surface area contributed by atoms with Gasteiger partial charge in [0.2, 0.25) is 0 Å². The monoisotopic (exact) mass is 240 g/mol. The Morgan fingerprint density at radius 3 is 2.59 bits per heavy atom. The van der Waals surface area contributed by atoms with E-state index < -0.39 is 18.0 Å². The highest BCUT2D eigenvalue weighted by molar-refractivity contribution is 5.84. The van der Waals surface area contributed by atoms with Crippen LogP contribution in [0, 0.1) is 17.8 Å². The van der Waals surface area contributed by atoms with Crippen LogP contribution in [0.15, 0.2) is 0 Å². The number of rotatable bonds is 2. The fraction of sp³-hybridized carbons (Fsp3) is 0.750. The molecule has 2 aliphatic rings. The summed E-state index contributed by atoms with van der Waals surface area (Å²) < 4.78 is 9.92. The van der Waals surface area contributed by atoms with Gasteiger partial charge in [0.25, 0.3) is 0 Å². The lowest BCUT2D eigenvalue weighted by molar-refractivity contribution is -0.158. The van der Waals surface area contributed by atoms with E-state index in [1.165, 1.54) is 14.0 Å². The molecule has 0 aromatic heterocycles. The first-order chi connectivity index (χ1) is 8.02. The van der Waals surface area contributed by atoms with Crippen LogP contribution in [0.25, 0.3) is 0 Å². The second-order valence-corrected chi connectivity index (χ2v) is 4.80. The van der Waals surface area contributed by atoms with E-state index in [1.54, 1.807) is 0 Å². The molecule has 0 N–H and O–H groups in total. The average Bonchev–Trinajstić information content (AvgIpc) is 2.71. The number of ketones is 1. The minimum Gasteiger partial charge on any atom is -0.469 e. The van der Waals surface area contributed by atoms with Gasteiger partial charge in [-0.25, -0.2) is 0 Å². The summed E-state index contributed by atoms with van der Waals surface area (Å²) in [5, 5.41) is 0. The summed E-state index contributed by atoms with van der Waals surface area (Å²) in [7, 11) is 1.32. The molecule has 0 heterocycles. The fourth-order valence-electron chi connectivity index (χ4n) is 3.15. The topological polar surface area (TPSA) is 69.7 Å². The molecule has 0 unspecified atom stereocenters. The number of ether oxygens (including phenoxy) is 2. The maximum Gasteiger partial charge on any atom is 0.312 e. The van der Waals surface area contributed by atoms with Crippen molar-refractivity contribution in [2.24, 2.45) is 17.8 Å². The number of hydrogen-bond donors (Lipinski definition) is 0. The number of Topliss-reactive ketones (excluding diaryl/α,β-unsaturated/α-hetero) is 1. The summed E-state index contributed by atoms with van der Waals surface area (Å²) >= 11 is 0. The van der Waals surface area contributed by atoms with E-state index in [-0.39, 0.29) is 23.6 Å². The molecule has 5 nitrogen and oxygen atoms in total. The van der Waals surface area contributed by atoms with Crippen molar-refractivity contribution in [3.05, 3.63) is 0 Å². The summed E-state index contributed by atoms with van der Waals surface area (Å²) in [5.74, 6) is -0.903. The summed E-state index contributed by atoms with van der Waals surface area (Å²) in [6.45, 7) is 1.33. The first kappa shape index (κ1) is 12.1. The van der Waals surface area contributed by atoms with Crippen LogP contribution < -0.4 is 0 Å². The Bertz CT molecular complexity index is 362. The molecule has 2 aliphatic carbocycles. The van der Waals surface area contributed by atoms with E-state index in [0.717, 1.165) is 0 Å². The van der Waals surface area contributed by atoms with Crippen molar-refractivity contribution in [1.82, 2.24) is 0 Å². The molecule has 0 bridgehead atoms. The van der Waals surface area contributed by atoms with E-state index in [0.29, 0.717) is 19.3 Å². The number of methoxy groups -OCH3 is 1. The quantitative estimate of drug-likeness (QED) is 0.665. The van der Waals surface area contributed by atoms with Crippen molar-refractivity contribution < 1.29 is 23.9 Å². The molecule has 0 aliphatic heterocycles. The van der Waals surface area contributed by atoms with Gasteiger partial charge < -0.3 is 9.47 Å². The average molecular weight is 240 g/mol. The molecule has 0 aromatic rings. The summed E-state index contributed by atoms with van der Waals surface area (Å²) in [6.07, 6.45) is 1.07. The lowest BCUT2D eigenvalue weighted by Crippen LogP contribution is -2.32. The molecule has 4 atom stereocenters. The molecule has 17 heavy (non-hydrogen) atoms. The molecule has 0 spiro atoms. The minimum atomic E-state index is -0.472. The van der Waals surface area contributed by atoms with Crippen LogP contribution in [-0.2, 0) is 23.9 Å². The lowest BCUT2D eigenvalue weighted by Gasteiger charge is -2.20. The predicted octanol–water partition coefficient (Wildman–Crippen LogP) is 0.706.